The second kappa shape index (κ2) is 4.55. The third-order valence-corrected chi connectivity index (χ3v) is 2.13. The van der Waals surface area contributed by atoms with Crippen LogP contribution in [0.25, 0.3) is 0 Å². The van der Waals surface area contributed by atoms with Crippen molar-refractivity contribution in [1.29, 1.82) is 0 Å². The van der Waals surface area contributed by atoms with Gasteiger partial charge in [0.1, 0.15) is 0 Å². The Morgan fingerprint density at radius 3 is 2.53 bits per heavy atom. The lowest BCUT2D eigenvalue weighted by Gasteiger charge is -2.18. The highest BCUT2D eigenvalue weighted by molar-refractivity contribution is 5.98. The number of aliphatic hydroxyl groups is 1. The summed E-state index contributed by atoms with van der Waals surface area (Å²) in [6.07, 6.45) is 0.453. The van der Waals surface area contributed by atoms with Gasteiger partial charge in [-0.15, -0.1) is 0 Å². The lowest BCUT2D eigenvalue weighted by Crippen LogP contribution is -2.24. The zero-order valence-corrected chi connectivity index (χ0v) is 9.16. The molecule has 82 valence electrons. The summed E-state index contributed by atoms with van der Waals surface area (Å²) >= 11 is 0. The van der Waals surface area contributed by atoms with E-state index in [9.17, 15) is 9.90 Å². The molecule has 0 bridgehead atoms. The highest BCUT2D eigenvalue weighted by Crippen LogP contribution is 2.16. The molecule has 3 N–H and O–H groups in total. The fourth-order valence-corrected chi connectivity index (χ4v) is 1.52. The van der Waals surface area contributed by atoms with E-state index in [-0.39, 0.29) is 12.3 Å². The monoisotopic (exact) mass is 207 g/mol. The van der Waals surface area contributed by atoms with Crippen molar-refractivity contribution in [3.8, 4) is 0 Å². The number of carbonyl (C=O) groups excluding carboxylic acids is 1. The SMILES string of the molecule is CC(C)(O)Cc1ccccc1C(=O)CN. The Hall–Kier alpha value is -1.19. The van der Waals surface area contributed by atoms with Gasteiger partial charge < -0.3 is 10.8 Å². The van der Waals surface area contributed by atoms with E-state index < -0.39 is 5.60 Å². The molecular weight excluding hydrogens is 190 g/mol. The number of Topliss-reactive ketones (excluding diaryl/α,β-unsaturated/α-hetero) is 1. The van der Waals surface area contributed by atoms with Crippen LogP contribution in [0.1, 0.15) is 29.8 Å². The second-order valence-corrected chi connectivity index (χ2v) is 4.27. The molecule has 0 spiro atoms. The number of hydrogen-bond acceptors (Lipinski definition) is 3. The van der Waals surface area contributed by atoms with Gasteiger partial charge in [0.15, 0.2) is 5.78 Å². The predicted octanol–water partition coefficient (Wildman–Crippen LogP) is 1.14. The zero-order valence-electron chi connectivity index (χ0n) is 9.16. The summed E-state index contributed by atoms with van der Waals surface area (Å²) in [5.41, 5.74) is 5.97. The van der Waals surface area contributed by atoms with E-state index >= 15 is 0 Å². The number of rotatable bonds is 4. The van der Waals surface area contributed by atoms with Crippen LogP contribution < -0.4 is 5.73 Å². The first kappa shape index (κ1) is 11.9. The second-order valence-electron chi connectivity index (χ2n) is 4.27. The zero-order chi connectivity index (χ0) is 11.5. The number of benzene rings is 1. The fourth-order valence-electron chi connectivity index (χ4n) is 1.52. The van der Waals surface area contributed by atoms with Crippen LogP contribution in [0.15, 0.2) is 24.3 Å². The van der Waals surface area contributed by atoms with Crippen LogP contribution in [0.2, 0.25) is 0 Å². The van der Waals surface area contributed by atoms with E-state index in [0.717, 1.165) is 5.56 Å². The molecule has 15 heavy (non-hydrogen) atoms. The van der Waals surface area contributed by atoms with E-state index in [4.69, 9.17) is 5.73 Å². The van der Waals surface area contributed by atoms with Crippen molar-refractivity contribution in [3.05, 3.63) is 35.4 Å². The first-order valence-electron chi connectivity index (χ1n) is 4.97. The lowest BCUT2D eigenvalue weighted by atomic mass is 9.93. The third kappa shape index (κ3) is 3.46. The molecular formula is C12H17NO2. The van der Waals surface area contributed by atoms with Crippen molar-refractivity contribution in [2.24, 2.45) is 5.73 Å². The number of hydrogen-bond donors (Lipinski definition) is 2. The number of carbonyl (C=O) groups is 1. The van der Waals surface area contributed by atoms with E-state index in [1.54, 1.807) is 26.0 Å². The highest BCUT2D eigenvalue weighted by Gasteiger charge is 2.17. The Morgan fingerprint density at radius 2 is 2.00 bits per heavy atom. The summed E-state index contributed by atoms with van der Waals surface area (Å²) in [5.74, 6) is -0.0881. The van der Waals surface area contributed by atoms with Gasteiger partial charge >= 0.3 is 0 Å². The summed E-state index contributed by atoms with van der Waals surface area (Å²) in [6.45, 7) is 3.44. The van der Waals surface area contributed by atoms with Crippen LogP contribution in [0, 0.1) is 0 Å². The van der Waals surface area contributed by atoms with Crippen LogP contribution in [0.5, 0.6) is 0 Å². The molecule has 0 saturated carbocycles. The molecule has 0 radical (unpaired) electrons. The van der Waals surface area contributed by atoms with Crippen LogP contribution >= 0.6 is 0 Å². The minimum atomic E-state index is -0.815. The molecule has 0 aliphatic carbocycles. The van der Waals surface area contributed by atoms with Crippen molar-refractivity contribution in [3.63, 3.8) is 0 Å². The van der Waals surface area contributed by atoms with Gasteiger partial charge in [-0.2, -0.15) is 0 Å². The Morgan fingerprint density at radius 1 is 1.40 bits per heavy atom. The number of ketones is 1. The molecule has 0 amide bonds. The Balaban J connectivity index is 3.02. The molecule has 0 unspecified atom stereocenters. The molecule has 1 aromatic carbocycles. The van der Waals surface area contributed by atoms with Crippen molar-refractivity contribution < 1.29 is 9.90 Å². The molecule has 0 aliphatic heterocycles. The van der Waals surface area contributed by atoms with E-state index in [1.165, 1.54) is 0 Å². The minimum Gasteiger partial charge on any atom is -0.390 e. The summed E-state index contributed by atoms with van der Waals surface area (Å²) in [6, 6.07) is 7.25. The van der Waals surface area contributed by atoms with Crippen molar-refractivity contribution in [2.45, 2.75) is 25.9 Å². The van der Waals surface area contributed by atoms with Crippen molar-refractivity contribution >= 4 is 5.78 Å². The summed E-state index contributed by atoms with van der Waals surface area (Å²) in [4.78, 5) is 11.5. The first-order chi connectivity index (χ1) is 6.94. The largest absolute Gasteiger partial charge is 0.390 e. The van der Waals surface area contributed by atoms with E-state index in [1.807, 2.05) is 12.1 Å². The van der Waals surface area contributed by atoms with Crippen LogP contribution in [-0.4, -0.2) is 23.0 Å². The Labute approximate surface area is 89.9 Å². The predicted molar refractivity (Wildman–Crippen MR) is 59.8 cm³/mol. The van der Waals surface area contributed by atoms with Gasteiger partial charge in [0.2, 0.25) is 0 Å². The van der Waals surface area contributed by atoms with Crippen LogP contribution in [-0.2, 0) is 6.42 Å². The molecule has 1 aromatic rings. The number of nitrogens with two attached hydrogens (primary N) is 1. The molecule has 0 fully saturated rings. The maximum Gasteiger partial charge on any atom is 0.176 e. The maximum absolute atomic E-state index is 11.5. The van der Waals surface area contributed by atoms with Gasteiger partial charge in [-0.25, -0.2) is 0 Å². The van der Waals surface area contributed by atoms with E-state index in [0.29, 0.717) is 12.0 Å². The van der Waals surface area contributed by atoms with Gasteiger partial charge in [-0.05, 0) is 19.4 Å². The van der Waals surface area contributed by atoms with Crippen LogP contribution in [0.4, 0.5) is 0 Å². The third-order valence-electron chi connectivity index (χ3n) is 2.13. The van der Waals surface area contributed by atoms with Gasteiger partial charge in [-0.3, -0.25) is 4.79 Å². The summed E-state index contributed by atoms with van der Waals surface area (Å²) in [7, 11) is 0. The first-order valence-corrected chi connectivity index (χ1v) is 4.97. The van der Waals surface area contributed by atoms with Gasteiger partial charge in [0.05, 0.1) is 12.1 Å². The normalized spacial score (nSPS) is 11.5. The summed E-state index contributed by atoms with van der Waals surface area (Å²) < 4.78 is 0. The van der Waals surface area contributed by atoms with Gasteiger partial charge in [0, 0.05) is 12.0 Å². The topological polar surface area (TPSA) is 63.3 Å². The Bertz CT molecular complexity index is 353. The molecule has 3 heteroatoms. The van der Waals surface area contributed by atoms with Crippen molar-refractivity contribution in [1.82, 2.24) is 0 Å². The highest BCUT2D eigenvalue weighted by atomic mass is 16.3. The average Bonchev–Trinajstić information content (AvgIpc) is 2.15. The fraction of sp³-hybridized carbons (Fsp3) is 0.417. The van der Waals surface area contributed by atoms with E-state index in [2.05, 4.69) is 0 Å². The summed E-state index contributed by atoms with van der Waals surface area (Å²) in [5, 5.41) is 9.71. The standard InChI is InChI=1S/C12H17NO2/c1-12(2,15)7-9-5-3-4-6-10(9)11(14)8-13/h3-6,15H,7-8,13H2,1-2H3. The molecule has 1 rings (SSSR count). The van der Waals surface area contributed by atoms with Gasteiger partial charge in [-0.1, -0.05) is 24.3 Å². The quantitative estimate of drug-likeness (QED) is 0.728. The molecule has 0 saturated heterocycles. The van der Waals surface area contributed by atoms with Gasteiger partial charge in [0.25, 0.3) is 0 Å². The Kier molecular flexibility index (Phi) is 3.61. The lowest BCUT2D eigenvalue weighted by molar-refractivity contribution is 0.0805. The van der Waals surface area contributed by atoms with Crippen molar-refractivity contribution in [2.75, 3.05) is 6.54 Å². The minimum absolute atomic E-state index is 0.00285. The molecule has 3 nitrogen and oxygen atoms in total. The molecule has 0 heterocycles. The molecule has 0 aromatic heterocycles. The van der Waals surface area contributed by atoms with Crippen LogP contribution in [0.3, 0.4) is 0 Å². The smallest absolute Gasteiger partial charge is 0.176 e. The molecule has 0 aliphatic rings. The average molecular weight is 207 g/mol. The maximum atomic E-state index is 11.5. The molecule has 0 atom stereocenters.